The maximum atomic E-state index is 6.10. The number of benzene rings is 2. The second kappa shape index (κ2) is 5.75. The van der Waals surface area contributed by atoms with Gasteiger partial charge in [-0.2, -0.15) is 0 Å². The monoisotopic (exact) mass is 319 g/mol. The number of aromatic nitrogens is 1. The van der Waals surface area contributed by atoms with Crippen molar-refractivity contribution in [3.05, 3.63) is 53.6 Å². The van der Waals surface area contributed by atoms with Crippen LogP contribution in [0.4, 0.5) is 10.8 Å². The molecule has 0 bridgehead atoms. The summed E-state index contributed by atoms with van der Waals surface area (Å²) < 4.78 is 1.03. The number of para-hydroxylation sites is 2. The van der Waals surface area contributed by atoms with Gasteiger partial charge in [0.05, 0.1) is 9.72 Å². The normalized spacial score (nSPS) is 10.4. The summed E-state index contributed by atoms with van der Waals surface area (Å²) in [6.07, 6.45) is 0. The Bertz CT molecular complexity index is 755. The van der Waals surface area contributed by atoms with E-state index < -0.39 is 0 Å². The minimum absolute atomic E-state index is 0.506. The van der Waals surface area contributed by atoms with Gasteiger partial charge >= 0.3 is 0 Å². The fourth-order valence-corrected chi connectivity index (χ4v) is 3.20. The highest BCUT2D eigenvalue weighted by molar-refractivity contribution is 7.80. The molecule has 1 heterocycles. The van der Waals surface area contributed by atoms with Crippen molar-refractivity contribution in [2.24, 2.45) is 0 Å². The molecule has 0 saturated heterocycles. The van der Waals surface area contributed by atoms with Crippen molar-refractivity contribution in [1.29, 1.82) is 0 Å². The first-order valence-corrected chi connectivity index (χ1v) is 7.51. The molecule has 3 aromatic rings. The van der Waals surface area contributed by atoms with Gasteiger partial charge in [0.2, 0.25) is 0 Å². The van der Waals surface area contributed by atoms with Crippen molar-refractivity contribution in [1.82, 2.24) is 4.98 Å². The van der Waals surface area contributed by atoms with Crippen molar-refractivity contribution in [3.63, 3.8) is 0 Å². The molecule has 0 unspecified atom stereocenters. The Kier molecular flexibility index (Phi) is 3.82. The average molecular weight is 320 g/mol. The Morgan fingerprint density at radius 3 is 2.60 bits per heavy atom. The largest absolute Gasteiger partial charge is 0.332 e. The van der Waals surface area contributed by atoms with Gasteiger partial charge in [0.25, 0.3) is 0 Å². The molecule has 0 fully saturated rings. The number of anilines is 2. The molecule has 20 heavy (non-hydrogen) atoms. The zero-order valence-corrected chi connectivity index (χ0v) is 12.6. The first-order valence-electron chi connectivity index (χ1n) is 5.90. The van der Waals surface area contributed by atoms with Gasteiger partial charge < -0.3 is 10.6 Å². The van der Waals surface area contributed by atoms with Crippen LogP contribution >= 0.6 is 35.2 Å². The number of thiazole rings is 1. The van der Waals surface area contributed by atoms with E-state index in [-0.39, 0.29) is 0 Å². The first kappa shape index (κ1) is 13.3. The van der Waals surface area contributed by atoms with E-state index in [0.29, 0.717) is 10.1 Å². The number of thiocarbonyl (C=S) groups is 1. The van der Waals surface area contributed by atoms with Crippen LogP contribution in [0.1, 0.15) is 0 Å². The SMILES string of the molecule is S=C(Nc1ccccc1)Nc1nc2c(Cl)cccc2s1. The fourth-order valence-electron chi connectivity index (χ4n) is 1.75. The summed E-state index contributed by atoms with van der Waals surface area (Å²) in [6, 6.07) is 15.5. The number of fused-ring (bicyclic) bond motifs is 1. The van der Waals surface area contributed by atoms with Gasteiger partial charge in [0.1, 0.15) is 5.52 Å². The van der Waals surface area contributed by atoms with Gasteiger partial charge in [-0.25, -0.2) is 4.98 Å². The second-order valence-corrected chi connectivity index (χ2v) is 5.90. The molecule has 0 aliphatic heterocycles. The number of hydrogen-bond acceptors (Lipinski definition) is 3. The van der Waals surface area contributed by atoms with E-state index in [1.807, 2.05) is 48.5 Å². The quantitative estimate of drug-likeness (QED) is 0.668. The topological polar surface area (TPSA) is 37.0 Å². The Balaban J connectivity index is 1.76. The minimum atomic E-state index is 0.506. The van der Waals surface area contributed by atoms with Gasteiger partial charge in [-0.3, -0.25) is 0 Å². The number of nitrogens with one attached hydrogen (secondary N) is 2. The summed E-state index contributed by atoms with van der Waals surface area (Å²) in [5.41, 5.74) is 1.73. The van der Waals surface area contributed by atoms with E-state index >= 15 is 0 Å². The predicted molar refractivity (Wildman–Crippen MR) is 90.9 cm³/mol. The van der Waals surface area contributed by atoms with Crippen LogP contribution in [0.2, 0.25) is 5.02 Å². The predicted octanol–water partition coefficient (Wildman–Crippen LogP) is 4.76. The molecule has 0 spiro atoms. The number of halogens is 1. The van der Waals surface area contributed by atoms with Crippen LogP contribution in [-0.2, 0) is 0 Å². The summed E-state index contributed by atoms with van der Waals surface area (Å²) in [5.74, 6) is 0. The average Bonchev–Trinajstić information content (AvgIpc) is 2.83. The van der Waals surface area contributed by atoms with Crippen LogP contribution in [0.15, 0.2) is 48.5 Å². The zero-order chi connectivity index (χ0) is 13.9. The first-order chi connectivity index (χ1) is 9.72. The molecule has 0 atom stereocenters. The van der Waals surface area contributed by atoms with E-state index in [9.17, 15) is 0 Å². The van der Waals surface area contributed by atoms with Crippen LogP contribution in [0.25, 0.3) is 10.2 Å². The highest BCUT2D eigenvalue weighted by Crippen LogP contribution is 2.30. The molecule has 0 aliphatic carbocycles. The van der Waals surface area contributed by atoms with E-state index in [2.05, 4.69) is 15.6 Å². The van der Waals surface area contributed by atoms with E-state index in [0.717, 1.165) is 21.0 Å². The van der Waals surface area contributed by atoms with Gasteiger partial charge in [-0.1, -0.05) is 47.2 Å². The number of hydrogen-bond donors (Lipinski definition) is 2. The molecule has 3 rings (SSSR count). The standard InChI is InChI=1S/C14H10ClN3S2/c15-10-7-4-8-11-12(10)17-14(20-11)18-13(19)16-9-5-2-1-3-6-9/h1-8H,(H2,16,17,18,19). The Morgan fingerprint density at radius 2 is 1.85 bits per heavy atom. The number of nitrogens with zero attached hydrogens (tertiary/aromatic N) is 1. The van der Waals surface area contributed by atoms with E-state index in [4.69, 9.17) is 23.8 Å². The van der Waals surface area contributed by atoms with Crippen molar-refractivity contribution in [3.8, 4) is 0 Å². The summed E-state index contributed by atoms with van der Waals surface area (Å²) >= 11 is 12.9. The Morgan fingerprint density at radius 1 is 1.05 bits per heavy atom. The lowest BCUT2D eigenvalue weighted by atomic mass is 10.3. The highest BCUT2D eigenvalue weighted by Gasteiger charge is 2.07. The van der Waals surface area contributed by atoms with Crippen molar-refractivity contribution in [2.45, 2.75) is 0 Å². The Hall–Kier alpha value is -1.69. The van der Waals surface area contributed by atoms with Crippen LogP contribution in [0.5, 0.6) is 0 Å². The van der Waals surface area contributed by atoms with Gasteiger partial charge in [-0.05, 0) is 36.5 Å². The third kappa shape index (κ3) is 2.90. The Labute approximate surface area is 130 Å². The second-order valence-electron chi connectivity index (χ2n) is 4.05. The third-order valence-corrected chi connectivity index (χ3v) is 4.07. The summed E-state index contributed by atoms with van der Waals surface area (Å²) in [5, 5.41) is 8.06. The third-order valence-electron chi connectivity index (χ3n) is 2.62. The molecule has 0 aliphatic rings. The van der Waals surface area contributed by atoms with Crippen LogP contribution in [-0.4, -0.2) is 10.1 Å². The molecule has 100 valence electrons. The molecule has 0 radical (unpaired) electrons. The molecule has 3 nitrogen and oxygen atoms in total. The zero-order valence-electron chi connectivity index (χ0n) is 10.3. The molecule has 1 aromatic heterocycles. The van der Waals surface area contributed by atoms with E-state index in [1.54, 1.807) is 0 Å². The van der Waals surface area contributed by atoms with Crippen molar-refractivity contribution in [2.75, 3.05) is 10.6 Å². The summed E-state index contributed by atoms with van der Waals surface area (Å²) in [6.45, 7) is 0. The molecule has 0 saturated carbocycles. The molecule has 2 aromatic carbocycles. The van der Waals surface area contributed by atoms with Gasteiger partial charge in [-0.15, -0.1) is 0 Å². The van der Waals surface area contributed by atoms with E-state index in [1.165, 1.54) is 11.3 Å². The van der Waals surface area contributed by atoms with Crippen LogP contribution in [0, 0.1) is 0 Å². The van der Waals surface area contributed by atoms with Crippen LogP contribution < -0.4 is 10.6 Å². The summed E-state index contributed by atoms with van der Waals surface area (Å²) in [7, 11) is 0. The van der Waals surface area contributed by atoms with Crippen molar-refractivity contribution < 1.29 is 0 Å². The molecule has 6 heteroatoms. The molecule has 2 N–H and O–H groups in total. The van der Waals surface area contributed by atoms with Crippen molar-refractivity contribution >= 4 is 61.3 Å². The lowest BCUT2D eigenvalue weighted by molar-refractivity contribution is 1.47. The fraction of sp³-hybridized carbons (Fsp3) is 0. The lowest BCUT2D eigenvalue weighted by Gasteiger charge is -2.07. The molecule has 0 amide bonds. The number of rotatable bonds is 2. The smallest absolute Gasteiger partial charge is 0.190 e. The lowest BCUT2D eigenvalue weighted by Crippen LogP contribution is -2.18. The highest BCUT2D eigenvalue weighted by atomic mass is 35.5. The molecular formula is C14H10ClN3S2. The maximum absolute atomic E-state index is 6.10. The van der Waals surface area contributed by atoms with Gasteiger partial charge in [0.15, 0.2) is 10.2 Å². The molecular weight excluding hydrogens is 310 g/mol. The minimum Gasteiger partial charge on any atom is -0.332 e. The van der Waals surface area contributed by atoms with Crippen LogP contribution in [0.3, 0.4) is 0 Å². The maximum Gasteiger partial charge on any atom is 0.190 e. The summed E-state index contributed by atoms with van der Waals surface area (Å²) in [4.78, 5) is 4.44. The van der Waals surface area contributed by atoms with Gasteiger partial charge in [0, 0.05) is 5.69 Å².